The number of carbonyl (C=O) groups is 3. The summed E-state index contributed by atoms with van der Waals surface area (Å²) in [6.07, 6.45) is 12.3. The molecular formula is C43H54N4O5. The Morgan fingerprint density at radius 3 is 1.60 bits per heavy atom. The zero-order valence-corrected chi connectivity index (χ0v) is 30.6. The van der Waals surface area contributed by atoms with Gasteiger partial charge in [0.05, 0.1) is 31.9 Å². The molecular weight excluding hydrogens is 652 g/mol. The monoisotopic (exact) mass is 706 g/mol. The molecule has 2 fully saturated rings. The third-order valence-electron chi connectivity index (χ3n) is 9.26. The summed E-state index contributed by atoms with van der Waals surface area (Å²) in [5, 5.41) is 6.50. The van der Waals surface area contributed by atoms with E-state index in [1.807, 2.05) is 84.9 Å². The molecule has 0 spiro atoms. The summed E-state index contributed by atoms with van der Waals surface area (Å²) in [6, 6.07) is 34.9. The number of urea groups is 1. The Bertz CT molecular complexity index is 1620. The molecule has 276 valence electrons. The number of ether oxygens (including phenoxy) is 2. The van der Waals surface area contributed by atoms with Crippen molar-refractivity contribution in [1.82, 2.24) is 5.32 Å². The fraction of sp³-hybridized carbons (Fsp3) is 0.372. The van der Waals surface area contributed by atoms with Crippen molar-refractivity contribution < 1.29 is 23.9 Å². The first kappa shape index (κ1) is 39.6. The van der Waals surface area contributed by atoms with Gasteiger partial charge in [-0.15, -0.1) is 0 Å². The van der Waals surface area contributed by atoms with Crippen LogP contribution in [0.3, 0.4) is 0 Å². The third-order valence-corrected chi connectivity index (χ3v) is 9.26. The fourth-order valence-corrected chi connectivity index (χ4v) is 6.21. The lowest BCUT2D eigenvalue weighted by atomic mass is 9.96. The van der Waals surface area contributed by atoms with Crippen LogP contribution in [-0.4, -0.2) is 44.3 Å². The van der Waals surface area contributed by atoms with E-state index in [0.29, 0.717) is 23.7 Å². The number of anilines is 2. The number of nitrogens with two attached hydrogens (primary N) is 1. The Labute approximate surface area is 308 Å². The third kappa shape index (κ3) is 13.5. The molecule has 2 aliphatic carbocycles. The number of nitrogens with zero attached hydrogens (tertiary/aromatic N) is 1. The van der Waals surface area contributed by atoms with Crippen LogP contribution in [0.25, 0.3) is 0 Å². The molecule has 4 aromatic carbocycles. The van der Waals surface area contributed by atoms with Crippen LogP contribution in [0.5, 0.6) is 0 Å². The smallest absolute Gasteiger partial charge is 0.337 e. The summed E-state index contributed by atoms with van der Waals surface area (Å²) in [7, 11) is 2.75. The molecule has 0 radical (unpaired) electrons. The predicted molar refractivity (Wildman–Crippen MR) is 208 cm³/mol. The molecule has 0 bridgehead atoms. The Kier molecular flexibility index (Phi) is 16.7. The summed E-state index contributed by atoms with van der Waals surface area (Å²) in [5.41, 5.74) is 10.7. The second-order valence-electron chi connectivity index (χ2n) is 13.2. The summed E-state index contributed by atoms with van der Waals surface area (Å²) < 4.78 is 9.39. The van der Waals surface area contributed by atoms with E-state index in [0.717, 1.165) is 41.9 Å². The van der Waals surface area contributed by atoms with Crippen LogP contribution in [-0.2, 0) is 22.6 Å². The van der Waals surface area contributed by atoms with Crippen LogP contribution in [0.15, 0.2) is 109 Å². The number of esters is 2. The summed E-state index contributed by atoms with van der Waals surface area (Å²) >= 11 is 0. The highest BCUT2D eigenvalue weighted by atomic mass is 16.5. The SMILES string of the molecule is COC(=O)c1ccc(CN(C(=O)NC2CCCCC2)c2ccccc2)cc1.COC(=O)c1ccc(CNc2ccccc2)cc1.NC1CCCCC1. The van der Waals surface area contributed by atoms with E-state index >= 15 is 0 Å². The Hall–Kier alpha value is -5.15. The second-order valence-corrected chi connectivity index (χ2v) is 13.2. The topological polar surface area (TPSA) is 123 Å². The summed E-state index contributed by atoms with van der Waals surface area (Å²) in [6.45, 7) is 1.16. The molecule has 52 heavy (non-hydrogen) atoms. The van der Waals surface area contributed by atoms with Crippen molar-refractivity contribution in [3.63, 3.8) is 0 Å². The standard InChI is InChI=1S/C22H26N2O3.C15H15NO2.C6H13N/c1-27-21(25)18-14-12-17(13-15-18)16-24(20-10-6-3-7-11-20)22(26)23-19-8-4-2-5-9-19;1-18-15(17)13-9-7-12(8-10-13)11-16-14-5-3-2-4-6-14;7-6-4-2-1-3-5-6/h3,6-7,10-15,19H,2,4-5,8-9,16H2,1H3,(H,23,26);2-10,16H,11H2,1H3;6H,1-5,7H2. The number of carbonyl (C=O) groups excluding carboxylic acids is 3. The average Bonchev–Trinajstić information content (AvgIpc) is 3.21. The quantitative estimate of drug-likeness (QED) is 0.149. The lowest BCUT2D eigenvalue weighted by Gasteiger charge is -2.28. The summed E-state index contributed by atoms with van der Waals surface area (Å²) in [5.74, 6) is -0.672. The molecule has 0 saturated heterocycles. The van der Waals surface area contributed by atoms with Crippen molar-refractivity contribution in [2.45, 2.75) is 89.4 Å². The average molecular weight is 707 g/mol. The van der Waals surface area contributed by atoms with Gasteiger partial charge in [0.2, 0.25) is 0 Å². The zero-order valence-electron chi connectivity index (χ0n) is 30.6. The van der Waals surface area contributed by atoms with E-state index in [2.05, 4.69) is 15.4 Å². The lowest BCUT2D eigenvalue weighted by Crippen LogP contribution is -2.45. The molecule has 0 aliphatic heterocycles. The van der Waals surface area contributed by atoms with E-state index in [-0.39, 0.29) is 24.0 Å². The number of nitrogens with one attached hydrogen (secondary N) is 2. The predicted octanol–water partition coefficient (Wildman–Crippen LogP) is 8.89. The van der Waals surface area contributed by atoms with Crippen molar-refractivity contribution in [1.29, 1.82) is 0 Å². The maximum Gasteiger partial charge on any atom is 0.337 e. The number of methoxy groups -OCH3 is 2. The highest BCUT2D eigenvalue weighted by Gasteiger charge is 2.21. The van der Waals surface area contributed by atoms with E-state index in [4.69, 9.17) is 10.5 Å². The zero-order chi connectivity index (χ0) is 37.0. The van der Waals surface area contributed by atoms with Crippen molar-refractivity contribution in [3.05, 3.63) is 131 Å². The molecule has 9 heteroatoms. The van der Waals surface area contributed by atoms with E-state index in [1.165, 1.54) is 65.6 Å². The maximum absolute atomic E-state index is 13.0. The van der Waals surface area contributed by atoms with Crippen LogP contribution >= 0.6 is 0 Å². The van der Waals surface area contributed by atoms with Crippen molar-refractivity contribution >= 4 is 29.3 Å². The van der Waals surface area contributed by atoms with Gasteiger partial charge in [-0.1, -0.05) is 99.2 Å². The second kappa shape index (κ2) is 21.9. The first-order valence-corrected chi connectivity index (χ1v) is 18.4. The molecule has 2 amide bonds. The van der Waals surface area contributed by atoms with Crippen LogP contribution in [0.4, 0.5) is 16.2 Å². The van der Waals surface area contributed by atoms with Gasteiger partial charge in [0.25, 0.3) is 0 Å². The molecule has 2 aliphatic rings. The minimum Gasteiger partial charge on any atom is -0.465 e. The highest BCUT2D eigenvalue weighted by molar-refractivity contribution is 5.92. The molecule has 0 heterocycles. The van der Waals surface area contributed by atoms with Crippen LogP contribution < -0.4 is 21.3 Å². The molecule has 2 saturated carbocycles. The van der Waals surface area contributed by atoms with Gasteiger partial charge < -0.3 is 25.8 Å². The van der Waals surface area contributed by atoms with Crippen LogP contribution in [0.1, 0.15) is 96.1 Å². The number of amides is 2. The first-order valence-electron chi connectivity index (χ1n) is 18.4. The van der Waals surface area contributed by atoms with Gasteiger partial charge in [-0.05, 0) is 85.3 Å². The number of rotatable bonds is 9. The van der Waals surface area contributed by atoms with Gasteiger partial charge >= 0.3 is 18.0 Å². The van der Waals surface area contributed by atoms with Crippen molar-refractivity contribution in [2.24, 2.45) is 5.73 Å². The Morgan fingerprint density at radius 1 is 0.635 bits per heavy atom. The molecule has 4 aromatic rings. The molecule has 0 aromatic heterocycles. The van der Waals surface area contributed by atoms with Gasteiger partial charge in [0.15, 0.2) is 0 Å². The first-order chi connectivity index (χ1) is 25.4. The van der Waals surface area contributed by atoms with E-state index in [1.54, 1.807) is 29.2 Å². The van der Waals surface area contributed by atoms with E-state index in [9.17, 15) is 14.4 Å². The highest BCUT2D eigenvalue weighted by Crippen LogP contribution is 2.21. The van der Waals surface area contributed by atoms with Crippen LogP contribution in [0.2, 0.25) is 0 Å². The van der Waals surface area contributed by atoms with Gasteiger partial charge in [0, 0.05) is 30.0 Å². The number of hydrogen-bond acceptors (Lipinski definition) is 7. The molecule has 0 atom stereocenters. The van der Waals surface area contributed by atoms with Crippen molar-refractivity contribution in [2.75, 3.05) is 24.4 Å². The minimum atomic E-state index is -0.364. The van der Waals surface area contributed by atoms with Gasteiger partial charge in [0.1, 0.15) is 0 Å². The molecule has 4 N–H and O–H groups in total. The molecule has 9 nitrogen and oxygen atoms in total. The molecule has 6 rings (SSSR count). The van der Waals surface area contributed by atoms with Gasteiger partial charge in [-0.3, -0.25) is 4.90 Å². The fourth-order valence-electron chi connectivity index (χ4n) is 6.21. The van der Waals surface area contributed by atoms with Gasteiger partial charge in [-0.25, -0.2) is 14.4 Å². The number of hydrogen-bond donors (Lipinski definition) is 3. The summed E-state index contributed by atoms with van der Waals surface area (Å²) in [4.78, 5) is 37.6. The number of para-hydroxylation sites is 2. The minimum absolute atomic E-state index is 0.0786. The Balaban J connectivity index is 0.000000206. The van der Waals surface area contributed by atoms with E-state index < -0.39 is 0 Å². The van der Waals surface area contributed by atoms with Gasteiger partial charge in [-0.2, -0.15) is 0 Å². The van der Waals surface area contributed by atoms with Crippen LogP contribution in [0, 0.1) is 0 Å². The number of benzene rings is 4. The largest absolute Gasteiger partial charge is 0.465 e. The van der Waals surface area contributed by atoms with Crippen molar-refractivity contribution in [3.8, 4) is 0 Å². The lowest BCUT2D eigenvalue weighted by molar-refractivity contribution is 0.0592. The Morgan fingerprint density at radius 2 is 1.12 bits per heavy atom. The molecule has 0 unspecified atom stereocenters. The maximum atomic E-state index is 13.0. The normalized spacial score (nSPS) is 14.3.